The van der Waals surface area contributed by atoms with Crippen LogP contribution in [0.15, 0.2) is 24.4 Å². The first-order valence-electron chi connectivity index (χ1n) is 6.85. The molecule has 1 aliphatic heterocycles. The van der Waals surface area contributed by atoms with Crippen LogP contribution in [0.25, 0.3) is 0 Å². The molecule has 0 atom stereocenters. The van der Waals surface area contributed by atoms with E-state index in [1.807, 2.05) is 0 Å². The van der Waals surface area contributed by atoms with Gasteiger partial charge in [-0.3, -0.25) is 4.79 Å². The Morgan fingerprint density at radius 1 is 1.27 bits per heavy atom. The van der Waals surface area contributed by atoms with Crippen LogP contribution in [0.5, 0.6) is 0 Å². The van der Waals surface area contributed by atoms with Crippen LogP contribution in [0, 0.1) is 0 Å². The number of halogens is 2. The highest BCUT2D eigenvalue weighted by molar-refractivity contribution is 6.36. The Labute approximate surface area is 138 Å². The second kappa shape index (κ2) is 6.10. The van der Waals surface area contributed by atoms with Crippen molar-refractivity contribution in [2.75, 3.05) is 5.73 Å². The minimum Gasteiger partial charge on any atom is -0.368 e. The van der Waals surface area contributed by atoms with E-state index in [2.05, 4.69) is 9.97 Å². The summed E-state index contributed by atoms with van der Waals surface area (Å²) in [7, 11) is 0. The van der Waals surface area contributed by atoms with E-state index in [1.165, 1.54) is 0 Å². The minimum atomic E-state index is 0.0348. The van der Waals surface area contributed by atoms with Crippen LogP contribution >= 0.6 is 23.2 Å². The molecule has 0 saturated carbocycles. The molecular formula is C15H14Cl2N4O. The number of nitrogens with two attached hydrogens (primary N) is 1. The zero-order chi connectivity index (χ0) is 15.7. The normalized spacial score (nSPS) is 13.3. The Kier molecular flexibility index (Phi) is 4.18. The summed E-state index contributed by atoms with van der Waals surface area (Å²) in [4.78, 5) is 22.2. The maximum atomic E-state index is 12.4. The summed E-state index contributed by atoms with van der Waals surface area (Å²) in [6.07, 6.45) is 2.54. The molecule has 2 aromatic rings. The number of hydrogen-bond acceptors (Lipinski definition) is 4. The van der Waals surface area contributed by atoms with Gasteiger partial charge in [-0.2, -0.15) is 0 Å². The summed E-state index contributed by atoms with van der Waals surface area (Å²) < 4.78 is 0. The van der Waals surface area contributed by atoms with Crippen molar-refractivity contribution in [2.45, 2.75) is 25.9 Å². The predicted molar refractivity (Wildman–Crippen MR) is 85.5 cm³/mol. The smallest absolute Gasteiger partial charge is 0.223 e. The van der Waals surface area contributed by atoms with Crippen molar-refractivity contribution in [3.8, 4) is 0 Å². The number of hydrogen-bond donors (Lipinski definition) is 1. The standard InChI is InChI=1S/C15H14Cl2N4O/c16-11-2-1-3-12(17)10(11)4-5-14(22)21-7-9-6-19-15(18)20-13(9)8-21/h1-3,6H,4-5,7-8H2,(H2,18,19,20). The lowest BCUT2D eigenvalue weighted by Gasteiger charge is -2.15. The summed E-state index contributed by atoms with van der Waals surface area (Å²) in [6.45, 7) is 0.988. The highest BCUT2D eigenvalue weighted by Gasteiger charge is 2.25. The van der Waals surface area contributed by atoms with Gasteiger partial charge in [0.05, 0.1) is 12.2 Å². The van der Waals surface area contributed by atoms with Gasteiger partial charge >= 0.3 is 0 Å². The monoisotopic (exact) mass is 336 g/mol. The lowest BCUT2D eigenvalue weighted by molar-refractivity contribution is -0.131. The maximum absolute atomic E-state index is 12.4. The number of fused-ring (bicyclic) bond motifs is 1. The fourth-order valence-corrected chi connectivity index (χ4v) is 3.09. The molecule has 1 amide bonds. The number of nitrogen functional groups attached to an aromatic ring is 1. The molecule has 1 aromatic carbocycles. The highest BCUT2D eigenvalue weighted by Crippen LogP contribution is 2.27. The van der Waals surface area contributed by atoms with Gasteiger partial charge < -0.3 is 10.6 Å². The van der Waals surface area contributed by atoms with E-state index in [-0.39, 0.29) is 11.9 Å². The van der Waals surface area contributed by atoms with Crippen LogP contribution in [-0.2, 0) is 24.3 Å². The minimum absolute atomic E-state index is 0.0348. The van der Waals surface area contributed by atoms with Crippen LogP contribution in [0.3, 0.4) is 0 Å². The van der Waals surface area contributed by atoms with Gasteiger partial charge in [-0.15, -0.1) is 0 Å². The first-order valence-corrected chi connectivity index (χ1v) is 7.61. The Morgan fingerprint density at radius 2 is 2.00 bits per heavy atom. The average molecular weight is 337 g/mol. The van der Waals surface area contributed by atoms with Crippen molar-refractivity contribution in [3.63, 3.8) is 0 Å². The van der Waals surface area contributed by atoms with Gasteiger partial charge in [0.1, 0.15) is 0 Å². The Morgan fingerprint density at radius 3 is 2.73 bits per heavy atom. The molecule has 1 aromatic heterocycles. The molecule has 1 aliphatic rings. The number of carbonyl (C=O) groups excluding carboxylic acids is 1. The fraction of sp³-hybridized carbons (Fsp3) is 0.267. The van der Waals surface area contributed by atoms with E-state index in [9.17, 15) is 4.79 Å². The molecule has 2 heterocycles. The Balaban J connectivity index is 1.65. The van der Waals surface area contributed by atoms with Crippen molar-refractivity contribution in [1.82, 2.24) is 14.9 Å². The second-order valence-corrected chi connectivity index (χ2v) is 5.96. The molecule has 3 rings (SSSR count). The molecular weight excluding hydrogens is 323 g/mol. The van der Waals surface area contributed by atoms with E-state index >= 15 is 0 Å². The maximum Gasteiger partial charge on any atom is 0.223 e. The van der Waals surface area contributed by atoms with E-state index in [0.717, 1.165) is 16.8 Å². The van der Waals surface area contributed by atoms with Crippen molar-refractivity contribution in [2.24, 2.45) is 0 Å². The van der Waals surface area contributed by atoms with Gasteiger partial charge in [0, 0.05) is 34.8 Å². The van der Waals surface area contributed by atoms with Gasteiger partial charge in [-0.25, -0.2) is 9.97 Å². The number of benzene rings is 1. The van der Waals surface area contributed by atoms with Crippen LogP contribution in [0.4, 0.5) is 5.95 Å². The molecule has 0 fully saturated rings. The molecule has 114 valence electrons. The van der Waals surface area contributed by atoms with Crippen LogP contribution < -0.4 is 5.73 Å². The third kappa shape index (κ3) is 3.00. The third-order valence-corrected chi connectivity index (χ3v) is 4.39. The first kappa shape index (κ1) is 15.1. The summed E-state index contributed by atoms with van der Waals surface area (Å²) in [5.41, 5.74) is 8.13. The van der Waals surface area contributed by atoms with Crippen LogP contribution in [0.2, 0.25) is 10.0 Å². The number of aromatic nitrogens is 2. The molecule has 7 heteroatoms. The molecule has 0 unspecified atom stereocenters. The summed E-state index contributed by atoms with van der Waals surface area (Å²) in [6, 6.07) is 5.34. The molecule has 5 nitrogen and oxygen atoms in total. The molecule has 2 N–H and O–H groups in total. The van der Waals surface area contributed by atoms with E-state index in [0.29, 0.717) is 36.0 Å². The van der Waals surface area contributed by atoms with E-state index < -0.39 is 0 Å². The molecule has 0 saturated heterocycles. The largest absolute Gasteiger partial charge is 0.368 e. The predicted octanol–water partition coefficient (Wildman–Crippen LogP) is 2.84. The van der Waals surface area contributed by atoms with Gasteiger partial charge in [-0.05, 0) is 24.1 Å². The topological polar surface area (TPSA) is 72.1 Å². The zero-order valence-corrected chi connectivity index (χ0v) is 13.2. The highest BCUT2D eigenvalue weighted by atomic mass is 35.5. The van der Waals surface area contributed by atoms with Crippen molar-refractivity contribution in [3.05, 3.63) is 51.3 Å². The molecule has 0 spiro atoms. The molecule has 22 heavy (non-hydrogen) atoms. The average Bonchev–Trinajstić information content (AvgIpc) is 2.89. The number of anilines is 1. The fourth-order valence-electron chi connectivity index (χ4n) is 2.51. The lowest BCUT2D eigenvalue weighted by atomic mass is 10.1. The van der Waals surface area contributed by atoms with Crippen molar-refractivity contribution >= 4 is 35.1 Å². The van der Waals surface area contributed by atoms with E-state index in [1.54, 1.807) is 29.3 Å². The van der Waals surface area contributed by atoms with Gasteiger partial charge in [0.15, 0.2) is 0 Å². The Bertz CT molecular complexity index is 715. The number of amides is 1. The van der Waals surface area contributed by atoms with Gasteiger partial charge in [-0.1, -0.05) is 29.3 Å². The SMILES string of the molecule is Nc1ncc2c(n1)CN(C(=O)CCc1c(Cl)cccc1Cl)C2. The number of rotatable bonds is 3. The van der Waals surface area contributed by atoms with Crippen molar-refractivity contribution in [1.29, 1.82) is 0 Å². The molecule has 0 aliphatic carbocycles. The second-order valence-electron chi connectivity index (χ2n) is 5.15. The number of nitrogens with zero attached hydrogens (tertiary/aromatic N) is 3. The summed E-state index contributed by atoms with van der Waals surface area (Å²) in [5, 5.41) is 1.17. The first-order chi connectivity index (χ1) is 10.5. The quantitative estimate of drug-likeness (QED) is 0.935. The van der Waals surface area contributed by atoms with Crippen molar-refractivity contribution < 1.29 is 4.79 Å². The van der Waals surface area contributed by atoms with Gasteiger partial charge in [0.2, 0.25) is 11.9 Å². The van der Waals surface area contributed by atoms with E-state index in [4.69, 9.17) is 28.9 Å². The Hall–Kier alpha value is -1.85. The summed E-state index contributed by atoms with van der Waals surface area (Å²) >= 11 is 12.2. The molecule has 0 bridgehead atoms. The lowest BCUT2D eigenvalue weighted by Crippen LogP contribution is -2.25. The third-order valence-electron chi connectivity index (χ3n) is 3.68. The van der Waals surface area contributed by atoms with Crippen LogP contribution in [0.1, 0.15) is 23.2 Å². The number of carbonyl (C=O) groups is 1. The zero-order valence-electron chi connectivity index (χ0n) is 11.7. The van der Waals surface area contributed by atoms with Gasteiger partial charge in [0.25, 0.3) is 0 Å². The van der Waals surface area contributed by atoms with Crippen LogP contribution in [-0.4, -0.2) is 20.8 Å². The summed E-state index contributed by atoms with van der Waals surface area (Å²) in [5.74, 6) is 0.267. The molecule has 0 radical (unpaired) electrons.